The molecule has 0 bridgehead atoms. The predicted molar refractivity (Wildman–Crippen MR) is 78.5 cm³/mol. The lowest BCUT2D eigenvalue weighted by Gasteiger charge is -2.09. The Hall–Kier alpha value is -2.51. The molecule has 23 heavy (non-hydrogen) atoms. The number of nitrogens with zero attached hydrogens (tertiary/aromatic N) is 2. The van der Waals surface area contributed by atoms with Gasteiger partial charge < -0.3 is 10.1 Å². The van der Waals surface area contributed by atoms with Gasteiger partial charge in [-0.25, -0.2) is 0 Å². The average molecular weight is 327 g/mol. The molecule has 0 unspecified atom stereocenters. The summed E-state index contributed by atoms with van der Waals surface area (Å²) < 4.78 is 44.9. The van der Waals surface area contributed by atoms with Gasteiger partial charge in [0.25, 0.3) is 5.91 Å². The molecule has 1 amide bonds. The zero-order valence-corrected chi connectivity index (χ0v) is 12.6. The Kier molecular flexibility index (Phi) is 4.92. The second-order valence-electron chi connectivity index (χ2n) is 4.67. The van der Waals surface area contributed by atoms with Crippen molar-refractivity contribution < 1.29 is 22.7 Å². The second kappa shape index (κ2) is 6.72. The Morgan fingerprint density at radius 1 is 1.35 bits per heavy atom. The molecule has 0 radical (unpaired) electrons. The summed E-state index contributed by atoms with van der Waals surface area (Å²) in [5.41, 5.74) is -0.604. The molecule has 0 aliphatic heterocycles. The van der Waals surface area contributed by atoms with E-state index in [1.165, 1.54) is 23.0 Å². The van der Waals surface area contributed by atoms with Crippen LogP contribution in [-0.4, -0.2) is 22.3 Å². The lowest BCUT2D eigenvalue weighted by atomic mass is 10.2. The Bertz CT molecular complexity index is 696. The van der Waals surface area contributed by atoms with Gasteiger partial charge in [0.05, 0.1) is 12.2 Å². The number of anilines is 1. The minimum absolute atomic E-state index is 0.0523. The molecule has 8 heteroatoms. The first-order valence-corrected chi connectivity index (χ1v) is 7.04. The highest BCUT2D eigenvalue weighted by Crippen LogP contribution is 2.31. The number of hydrogen-bond acceptors (Lipinski definition) is 3. The van der Waals surface area contributed by atoms with Crippen LogP contribution in [0.5, 0.6) is 5.88 Å². The number of alkyl halides is 3. The molecule has 0 aliphatic carbocycles. The highest BCUT2D eigenvalue weighted by molar-refractivity contribution is 6.05. The Morgan fingerprint density at radius 3 is 2.70 bits per heavy atom. The van der Waals surface area contributed by atoms with Gasteiger partial charge in [0.2, 0.25) is 5.88 Å². The maximum Gasteiger partial charge on any atom is 0.416 e. The average Bonchev–Trinajstić information content (AvgIpc) is 2.90. The van der Waals surface area contributed by atoms with Crippen molar-refractivity contribution in [3.05, 3.63) is 41.6 Å². The number of benzene rings is 1. The van der Waals surface area contributed by atoms with Crippen molar-refractivity contribution in [3.8, 4) is 5.88 Å². The number of rotatable bonds is 5. The first-order chi connectivity index (χ1) is 10.8. The number of amides is 1. The summed E-state index contributed by atoms with van der Waals surface area (Å²) in [6.45, 7) is 4.46. The maximum absolute atomic E-state index is 12.7. The largest absolute Gasteiger partial charge is 0.476 e. The summed E-state index contributed by atoms with van der Waals surface area (Å²) in [5.74, 6) is -0.425. The number of halogens is 3. The van der Waals surface area contributed by atoms with Crippen LogP contribution in [0, 0.1) is 0 Å². The number of carbonyl (C=O) groups excluding carboxylic acids is 1. The summed E-state index contributed by atoms with van der Waals surface area (Å²) in [4.78, 5) is 12.3. The Morgan fingerprint density at radius 2 is 2.09 bits per heavy atom. The molecule has 0 fully saturated rings. The van der Waals surface area contributed by atoms with Gasteiger partial charge in [-0.2, -0.15) is 13.2 Å². The molecule has 2 rings (SSSR count). The zero-order valence-electron chi connectivity index (χ0n) is 12.6. The molecule has 124 valence electrons. The minimum Gasteiger partial charge on any atom is -0.476 e. The molecular weight excluding hydrogens is 311 g/mol. The maximum atomic E-state index is 12.7. The van der Waals surface area contributed by atoms with E-state index < -0.39 is 17.6 Å². The summed E-state index contributed by atoms with van der Waals surface area (Å²) in [6, 6.07) is 4.44. The molecule has 5 nitrogen and oxygen atoms in total. The van der Waals surface area contributed by atoms with Gasteiger partial charge in [0.1, 0.15) is 5.56 Å². The van der Waals surface area contributed by atoms with Crippen LogP contribution in [0.25, 0.3) is 0 Å². The summed E-state index contributed by atoms with van der Waals surface area (Å²) in [6.07, 6.45) is -2.97. The van der Waals surface area contributed by atoms with E-state index in [1.54, 1.807) is 6.92 Å². The van der Waals surface area contributed by atoms with Crippen molar-refractivity contribution in [1.82, 2.24) is 9.78 Å². The van der Waals surface area contributed by atoms with Gasteiger partial charge in [-0.15, -0.1) is 5.10 Å². The van der Waals surface area contributed by atoms with E-state index in [-0.39, 0.29) is 17.1 Å². The van der Waals surface area contributed by atoms with E-state index in [1.807, 2.05) is 6.92 Å². The topological polar surface area (TPSA) is 56.2 Å². The number of carbonyl (C=O) groups is 1. The minimum atomic E-state index is -4.47. The first kappa shape index (κ1) is 16.9. The number of nitrogens with one attached hydrogen (secondary N) is 1. The molecular formula is C15H16F3N3O2. The van der Waals surface area contributed by atoms with Gasteiger partial charge in [0, 0.05) is 18.4 Å². The highest BCUT2D eigenvalue weighted by Gasteiger charge is 2.30. The Labute approximate surface area is 131 Å². The van der Waals surface area contributed by atoms with Crippen LogP contribution < -0.4 is 10.1 Å². The smallest absolute Gasteiger partial charge is 0.416 e. The SMILES string of the molecule is CCOc1nn(CC)cc1C(=O)Nc1cccc(C(F)(F)F)c1. The van der Waals surface area contributed by atoms with Crippen LogP contribution in [0.1, 0.15) is 29.8 Å². The third-order valence-corrected chi connectivity index (χ3v) is 3.03. The second-order valence-corrected chi connectivity index (χ2v) is 4.67. The van der Waals surface area contributed by atoms with E-state index in [9.17, 15) is 18.0 Å². The quantitative estimate of drug-likeness (QED) is 0.913. The van der Waals surface area contributed by atoms with Gasteiger partial charge >= 0.3 is 6.18 Å². The van der Waals surface area contributed by atoms with Crippen molar-refractivity contribution in [3.63, 3.8) is 0 Å². The van der Waals surface area contributed by atoms with Crippen molar-refractivity contribution in [1.29, 1.82) is 0 Å². The number of aromatic nitrogens is 2. The van der Waals surface area contributed by atoms with Crippen LogP contribution in [0.15, 0.2) is 30.5 Å². The van der Waals surface area contributed by atoms with E-state index in [0.29, 0.717) is 13.2 Å². The van der Waals surface area contributed by atoms with Crippen molar-refractivity contribution >= 4 is 11.6 Å². The predicted octanol–water partition coefficient (Wildman–Crippen LogP) is 3.57. The molecule has 1 aromatic carbocycles. The third kappa shape index (κ3) is 4.02. The van der Waals surface area contributed by atoms with Crippen LogP contribution in [-0.2, 0) is 12.7 Å². The lowest BCUT2D eigenvalue weighted by Crippen LogP contribution is -2.14. The molecule has 2 aromatic rings. The summed E-state index contributed by atoms with van der Waals surface area (Å²) in [7, 11) is 0. The van der Waals surface area contributed by atoms with E-state index in [4.69, 9.17) is 4.74 Å². The van der Waals surface area contributed by atoms with Crippen LogP contribution in [0.3, 0.4) is 0 Å². The molecule has 0 saturated heterocycles. The molecule has 0 aliphatic rings. The van der Waals surface area contributed by atoms with Gasteiger partial charge in [-0.05, 0) is 32.0 Å². The van der Waals surface area contributed by atoms with Gasteiger partial charge in [-0.1, -0.05) is 6.07 Å². The monoisotopic (exact) mass is 327 g/mol. The van der Waals surface area contributed by atoms with Crippen molar-refractivity contribution in [2.45, 2.75) is 26.6 Å². The van der Waals surface area contributed by atoms with Crippen molar-refractivity contribution in [2.75, 3.05) is 11.9 Å². The fourth-order valence-electron chi connectivity index (χ4n) is 1.94. The van der Waals surface area contributed by atoms with Crippen LogP contribution in [0.2, 0.25) is 0 Å². The fraction of sp³-hybridized carbons (Fsp3) is 0.333. The van der Waals surface area contributed by atoms with Crippen LogP contribution >= 0.6 is 0 Å². The summed E-state index contributed by atoms with van der Waals surface area (Å²) in [5, 5.41) is 6.53. The number of hydrogen-bond donors (Lipinski definition) is 1. The fourth-order valence-corrected chi connectivity index (χ4v) is 1.94. The highest BCUT2D eigenvalue weighted by atomic mass is 19.4. The standard InChI is InChI=1S/C15H16F3N3O2/c1-3-21-9-12(14(20-21)23-4-2)13(22)19-11-7-5-6-10(8-11)15(16,17)18/h5-9H,3-4H2,1-2H3,(H,19,22). The Balaban J connectivity index is 2.24. The van der Waals surface area contributed by atoms with Crippen molar-refractivity contribution in [2.24, 2.45) is 0 Å². The van der Waals surface area contributed by atoms with E-state index in [2.05, 4.69) is 10.4 Å². The molecule has 1 heterocycles. The number of ether oxygens (including phenoxy) is 1. The van der Waals surface area contributed by atoms with Gasteiger partial charge in [-0.3, -0.25) is 9.48 Å². The molecule has 1 aromatic heterocycles. The zero-order chi connectivity index (χ0) is 17.0. The van der Waals surface area contributed by atoms with Crippen LogP contribution in [0.4, 0.5) is 18.9 Å². The van der Waals surface area contributed by atoms with E-state index in [0.717, 1.165) is 12.1 Å². The molecule has 0 spiro atoms. The van der Waals surface area contributed by atoms with E-state index >= 15 is 0 Å². The summed E-state index contributed by atoms with van der Waals surface area (Å²) >= 11 is 0. The van der Waals surface area contributed by atoms with Gasteiger partial charge in [0.15, 0.2) is 0 Å². The lowest BCUT2D eigenvalue weighted by molar-refractivity contribution is -0.137. The number of aryl methyl sites for hydroxylation is 1. The normalized spacial score (nSPS) is 11.3. The molecule has 1 N–H and O–H groups in total. The molecule has 0 saturated carbocycles. The first-order valence-electron chi connectivity index (χ1n) is 7.04. The third-order valence-electron chi connectivity index (χ3n) is 3.03. The molecule has 0 atom stereocenters.